The molecule has 3 nitrogen and oxygen atoms in total. The SMILES string of the molecule is N=C(N)c1cnc2ccccc2c1Sc1ccccc1. The molecule has 0 unspecified atom stereocenters. The Bertz CT molecular complexity index is 769. The molecule has 0 spiro atoms. The van der Waals surface area contributed by atoms with Crippen molar-refractivity contribution in [3.63, 3.8) is 0 Å². The van der Waals surface area contributed by atoms with Crippen molar-refractivity contribution in [1.82, 2.24) is 4.98 Å². The first-order chi connectivity index (χ1) is 9.75. The number of amidine groups is 1. The van der Waals surface area contributed by atoms with Crippen LogP contribution in [0, 0.1) is 5.41 Å². The van der Waals surface area contributed by atoms with Gasteiger partial charge in [-0.2, -0.15) is 0 Å². The summed E-state index contributed by atoms with van der Waals surface area (Å²) in [5, 5.41) is 8.76. The van der Waals surface area contributed by atoms with Gasteiger partial charge in [0.05, 0.1) is 5.52 Å². The van der Waals surface area contributed by atoms with Crippen LogP contribution in [0.1, 0.15) is 5.56 Å². The number of nitrogens with two attached hydrogens (primary N) is 1. The molecule has 20 heavy (non-hydrogen) atoms. The molecule has 0 aliphatic rings. The molecule has 98 valence electrons. The molecule has 0 radical (unpaired) electrons. The van der Waals surface area contributed by atoms with E-state index in [1.165, 1.54) is 0 Å². The lowest BCUT2D eigenvalue weighted by molar-refractivity contribution is 1.29. The van der Waals surface area contributed by atoms with Gasteiger partial charge in [-0.3, -0.25) is 10.4 Å². The van der Waals surface area contributed by atoms with E-state index in [-0.39, 0.29) is 5.84 Å². The van der Waals surface area contributed by atoms with Crippen LogP contribution in [0.25, 0.3) is 10.9 Å². The average Bonchev–Trinajstić information content (AvgIpc) is 2.48. The fraction of sp³-hybridized carbons (Fsp3) is 0. The number of nitrogen functional groups attached to an aromatic ring is 1. The summed E-state index contributed by atoms with van der Waals surface area (Å²) in [5.41, 5.74) is 7.28. The molecule has 0 aliphatic heterocycles. The number of benzene rings is 2. The van der Waals surface area contributed by atoms with Gasteiger partial charge in [-0.05, 0) is 18.2 Å². The highest BCUT2D eigenvalue weighted by Gasteiger charge is 2.12. The normalized spacial score (nSPS) is 10.6. The van der Waals surface area contributed by atoms with E-state index in [1.54, 1.807) is 18.0 Å². The number of para-hydroxylation sites is 1. The molecule has 2 aromatic carbocycles. The molecule has 3 N–H and O–H groups in total. The molecule has 0 bridgehead atoms. The van der Waals surface area contributed by atoms with Gasteiger partial charge in [-0.15, -0.1) is 0 Å². The Kier molecular flexibility index (Phi) is 3.39. The lowest BCUT2D eigenvalue weighted by atomic mass is 10.1. The topological polar surface area (TPSA) is 62.8 Å². The summed E-state index contributed by atoms with van der Waals surface area (Å²) in [6.45, 7) is 0. The van der Waals surface area contributed by atoms with Crippen molar-refractivity contribution >= 4 is 28.5 Å². The molecule has 0 saturated carbocycles. The molecular formula is C16H13N3S. The zero-order valence-electron chi connectivity index (χ0n) is 10.7. The maximum Gasteiger partial charge on any atom is 0.125 e. The Hall–Kier alpha value is -2.33. The van der Waals surface area contributed by atoms with Crippen LogP contribution in [0.4, 0.5) is 0 Å². The largest absolute Gasteiger partial charge is 0.384 e. The van der Waals surface area contributed by atoms with Gasteiger partial charge >= 0.3 is 0 Å². The fourth-order valence-corrected chi connectivity index (χ4v) is 3.11. The summed E-state index contributed by atoms with van der Waals surface area (Å²) in [4.78, 5) is 6.47. The number of pyridine rings is 1. The molecular weight excluding hydrogens is 266 g/mol. The van der Waals surface area contributed by atoms with E-state index >= 15 is 0 Å². The highest BCUT2D eigenvalue weighted by Crippen LogP contribution is 2.35. The molecule has 1 aromatic heterocycles. The predicted octanol–water partition coefficient (Wildman–Crippen LogP) is 3.67. The van der Waals surface area contributed by atoms with Gasteiger partial charge < -0.3 is 5.73 Å². The van der Waals surface area contributed by atoms with Crippen LogP contribution in [0.2, 0.25) is 0 Å². The highest BCUT2D eigenvalue weighted by molar-refractivity contribution is 7.99. The van der Waals surface area contributed by atoms with Crippen molar-refractivity contribution in [1.29, 1.82) is 5.41 Å². The van der Waals surface area contributed by atoms with Gasteiger partial charge in [0.1, 0.15) is 5.84 Å². The minimum absolute atomic E-state index is 0.0432. The quantitative estimate of drug-likeness (QED) is 0.568. The molecule has 0 fully saturated rings. The summed E-state index contributed by atoms with van der Waals surface area (Å²) in [6.07, 6.45) is 1.68. The third-order valence-corrected chi connectivity index (χ3v) is 4.13. The monoisotopic (exact) mass is 279 g/mol. The smallest absolute Gasteiger partial charge is 0.125 e. The number of nitrogens with zero attached hydrogens (tertiary/aromatic N) is 1. The van der Waals surface area contributed by atoms with E-state index in [2.05, 4.69) is 4.98 Å². The third kappa shape index (κ3) is 2.38. The van der Waals surface area contributed by atoms with Gasteiger partial charge in [-0.1, -0.05) is 48.2 Å². The summed E-state index contributed by atoms with van der Waals surface area (Å²) < 4.78 is 0. The second-order valence-electron chi connectivity index (χ2n) is 4.35. The maximum absolute atomic E-state index is 7.74. The number of fused-ring (bicyclic) bond motifs is 1. The summed E-state index contributed by atoms with van der Waals surface area (Å²) in [7, 11) is 0. The molecule has 3 aromatic rings. The first-order valence-corrected chi connectivity index (χ1v) is 7.02. The van der Waals surface area contributed by atoms with Crippen molar-refractivity contribution in [2.75, 3.05) is 0 Å². The van der Waals surface area contributed by atoms with Crippen LogP contribution in [0.5, 0.6) is 0 Å². The Labute approximate surface area is 121 Å². The van der Waals surface area contributed by atoms with Gasteiger partial charge in [0.15, 0.2) is 0 Å². The number of hydrogen-bond donors (Lipinski definition) is 2. The van der Waals surface area contributed by atoms with E-state index < -0.39 is 0 Å². The molecule has 0 saturated heterocycles. The van der Waals surface area contributed by atoms with Gasteiger partial charge in [0.25, 0.3) is 0 Å². The van der Waals surface area contributed by atoms with E-state index in [0.717, 1.165) is 20.7 Å². The lowest BCUT2D eigenvalue weighted by Gasteiger charge is -2.11. The van der Waals surface area contributed by atoms with Gasteiger partial charge in [0, 0.05) is 26.9 Å². The van der Waals surface area contributed by atoms with Crippen molar-refractivity contribution in [3.05, 3.63) is 66.4 Å². The Morgan fingerprint density at radius 1 is 1.00 bits per heavy atom. The van der Waals surface area contributed by atoms with Crippen LogP contribution >= 0.6 is 11.8 Å². The number of rotatable bonds is 3. The van der Waals surface area contributed by atoms with Gasteiger partial charge in [0.2, 0.25) is 0 Å². The number of aromatic nitrogens is 1. The van der Waals surface area contributed by atoms with E-state index in [1.807, 2.05) is 54.6 Å². The Morgan fingerprint density at radius 3 is 2.45 bits per heavy atom. The fourth-order valence-electron chi connectivity index (χ4n) is 2.02. The van der Waals surface area contributed by atoms with E-state index in [0.29, 0.717) is 5.56 Å². The highest BCUT2D eigenvalue weighted by atomic mass is 32.2. The van der Waals surface area contributed by atoms with Crippen LogP contribution in [-0.2, 0) is 0 Å². The maximum atomic E-state index is 7.74. The number of nitrogens with one attached hydrogen (secondary N) is 1. The summed E-state index contributed by atoms with van der Waals surface area (Å²) in [6, 6.07) is 18.0. The van der Waals surface area contributed by atoms with Crippen LogP contribution in [0.15, 0.2) is 70.6 Å². The van der Waals surface area contributed by atoms with Crippen molar-refractivity contribution in [3.8, 4) is 0 Å². The van der Waals surface area contributed by atoms with E-state index in [4.69, 9.17) is 11.1 Å². The van der Waals surface area contributed by atoms with Crippen LogP contribution in [-0.4, -0.2) is 10.8 Å². The predicted molar refractivity (Wildman–Crippen MR) is 83.3 cm³/mol. The molecule has 3 rings (SSSR count). The second kappa shape index (κ2) is 5.35. The first kappa shape index (κ1) is 12.7. The van der Waals surface area contributed by atoms with Gasteiger partial charge in [-0.25, -0.2) is 0 Å². The third-order valence-electron chi connectivity index (χ3n) is 2.98. The van der Waals surface area contributed by atoms with Crippen LogP contribution in [0.3, 0.4) is 0 Å². The van der Waals surface area contributed by atoms with Crippen molar-refractivity contribution in [2.45, 2.75) is 9.79 Å². The first-order valence-electron chi connectivity index (χ1n) is 6.21. The molecule has 0 atom stereocenters. The minimum atomic E-state index is 0.0432. The minimum Gasteiger partial charge on any atom is -0.384 e. The Balaban J connectivity index is 2.20. The van der Waals surface area contributed by atoms with E-state index in [9.17, 15) is 0 Å². The molecule has 1 heterocycles. The van der Waals surface area contributed by atoms with Crippen molar-refractivity contribution < 1.29 is 0 Å². The van der Waals surface area contributed by atoms with Crippen molar-refractivity contribution in [2.24, 2.45) is 5.73 Å². The molecule has 0 aliphatic carbocycles. The molecule has 0 amide bonds. The molecule has 4 heteroatoms. The summed E-state index contributed by atoms with van der Waals surface area (Å²) >= 11 is 1.61. The Morgan fingerprint density at radius 2 is 1.70 bits per heavy atom. The second-order valence-corrected chi connectivity index (χ2v) is 5.43. The standard InChI is InChI=1S/C16H13N3S/c17-16(18)13-10-19-14-9-5-4-8-12(14)15(13)20-11-6-2-1-3-7-11/h1-10H,(H3,17,18). The summed E-state index contributed by atoms with van der Waals surface area (Å²) in [5.74, 6) is 0.0432. The zero-order chi connectivity index (χ0) is 13.9. The number of hydrogen-bond acceptors (Lipinski definition) is 3. The van der Waals surface area contributed by atoms with Crippen LogP contribution < -0.4 is 5.73 Å². The average molecular weight is 279 g/mol. The lowest BCUT2D eigenvalue weighted by Crippen LogP contribution is -2.13. The zero-order valence-corrected chi connectivity index (χ0v) is 11.5.